The van der Waals surface area contributed by atoms with E-state index in [1.165, 1.54) is 18.2 Å². The third-order valence-corrected chi connectivity index (χ3v) is 5.01. The van der Waals surface area contributed by atoms with Gasteiger partial charge in [-0.05, 0) is 69.5 Å². The largest absolute Gasteiger partial charge is 0.488 e. The van der Waals surface area contributed by atoms with Crippen LogP contribution in [-0.4, -0.2) is 5.91 Å². The number of benzene rings is 3. The van der Waals surface area contributed by atoms with Crippen LogP contribution in [0.25, 0.3) is 6.08 Å². The number of nitrogens with one attached hydrogen (secondary N) is 1. The highest BCUT2D eigenvalue weighted by Gasteiger charge is 2.12. The number of rotatable bonds is 6. The van der Waals surface area contributed by atoms with Crippen LogP contribution in [0.15, 0.2) is 76.8 Å². The lowest BCUT2D eigenvalue weighted by Gasteiger charge is -2.09. The highest BCUT2D eigenvalue weighted by Crippen LogP contribution is 2.28. The summed E-state index contributed by atoms with van der Waals surface area (Å²) in [6, 6.07) is 19.9. The van der Waals surface area contributed by atoms with Crippen molar-refractivity contribution in [1.82, 2.24) is 0 Å². The van der Waals surface area contributed by atoms with Crippen molar-refractivity contribution in [2.24, 2.45) is 0 Å². The van der Waals surface area contributed by atoms with Gasteiger partial charge >= 0.3 is 0 Å². The first kappa shape index (κ1) is 21.6. The molecule has 0 spiro atoms. The summed E-state index contributed by atoms with van der Waals surface area (Å²) >= 11 is 9.47. The van der Waals surface area contributed by atoms with Crippen LogP contribution < -0.4 is 10.1 Å². The number of carbonyl (C=O) groups is 1. The Labute approximate surface area is 186 Å². The van der Waals surface area contributed by atoms with Gasteiger partial charge in [-0.25, -0.2) is 4.39 Å². The standard InChI is InChI=1S/C23H15BrClFN2O2/c24-19-12-16(7-10-22(19)30-14-15-5-8-18(26)9-6-15)11-17(13-27)23(29)28-21-4-2-1-3-20(21)25/h1-12H,14H2,(H,28,29)/b17-11+. The van der Waals surface area contributed by atoms with E-state index in [0.29, 0.717) is 26.5 Å². The number of hydrogen-bond acceptors (Lipinski definition) is 3. The Morgan fingerprint density at radius 2 is 1.90 bits per heavy atom. The monoisotopic (exact) mass is 484 g/mol. The third-order valence-electron chi connectivity index (χ3n) is 4.06. The molecule has 0 aliphatic heterocycles. The van der Waals surface area contributed by atoms with Crippen LogP contribution in [0.1, 0.15) is 11.1 Å². The molecule has 0 aliphatic carbocycles. The molecule has 30 heavy (non-hydrogen) atoms. The second kappa shape index (κ2) is 10.1. The van der Waals surface area contributed by atoms with Gasteiger partial charge < -0.3 is 10.1 Å². The number of anilines is 1. The molecule has 0 aliphatic rings. The van der Waals surface area contributed by atoms with Gasteiger partial charge in [-0.3, -0.25) is 4.79 Å². The smallest absolute Gasteiger partial charge is 0.266 e. The Morgan fingerprint density at radius 1 is 1.17 bits per heavy atom. The van der Waals surface area contributed by atoms with E-state index in [1.54, 1.807) is 54.6 Å². The Bertz CT molecular complexity index is 1140. The van der Waals surface area contributed by atoms with E-state index < -0.39 is 5.91 Å². The fourth-order valence-corrected chi connectivity index (χ4v) is 3.23. The molecular weight excluding hydrogens is 471 g/mol. The average molecular weight is 486 g/mol. The van der Waals surface area contributed by atoms with Crippen LogP contribution in [0.5, 0.6) is 5.75 Å². The van der Waals surface area contributed by atoms with Gasteiger partial charge in [-0.1, -0.05) is 41.9 Å². The molecule has 0 radical (unpaired) electrons. The molecule has 0 bridgehead atoms. The average Bonchev–Trinajstić information content (AvgIpc) is 2.74. The van der Waals surface area contributed by atoms with Gasteiger partial charge in [0.25, 0.3) is 5.91 Å². The van der Waals surface area contributed by atoms with Gasteiger partial charge in [-0.15, -0.1) is 0 Å². The van der Waals surface area contributed by atoms with Crippen LogP contribution in [-0.2, 0) is 11.4 Å². The highest BCUT2D eigenvalue weighted by molar-refractivity contribution is 9.10. The molecule has 7 heteroatoms. The maximum atomic E-state index is 13.0. The van der Waals surface area contributed by atoms with E-state index >= 15 is 0 Å². The zero-order chi connectivity index (χ0) is 21.5. The van der Waals surface area contributed by atoms with Crippen molar-refractivity contribution < 1.29 is 13.9 Å². The summed E-state index contributed by atoms with van der Waals surface area (Å²) < 4.78 is 19.4. The van der Waals surface area contributed by atoms with Crippen molar-refractivity contribution in [3.63, 3.8) is 0 Å². The number of hydrogen-bond donors (Lipinski definition) is 1. The van der Waals surface area contributed by atoms with Gasteiger partial charge in [0.15, 0.2) is 0 Å². The topological polar surface area (TPSA) is 62.1 Å². The number of nitriles is 1. The van der Waals surface area contributed by atoms with Crippen LogP contribution in [0.2, 0.25) is 5.02 Å². The van der Waals surface area contributed by atoms with Crippen LogP contribution in [0, 0.1) is 17.1 Å². The Balaban J connectivity index is 1.71. The quantitative estimate of drug-likeness (QED) is 0.326. The SMILES string of the molecule is N#C/C(=C\c1ccc(OCc2ccc(F)cc2)c(Br)c1)C(=O)Nc1ccccc1Cl. The lowest BCUT2D eigenvalue weighted by molar-refractivity contribution is -0.112. The number of para-hydroxylation sites is 1. The Morgan fingerprint density at radius 3 is 2.57 bits per heavy atom. The normalized spacial score (nSPS) is 10.9. The zero-order valence-corrected chi connectivity index (χ0v) is 17.9. The van der Waals surface area contributed by atoms with Gasteiger partial charge in [0, 0.05) is 0 Å². The molecule has 0 unspecified atom stereocenters. The minimum atomic E-state index is -0.557. The second-order valence-electron chi connectivity index (χ2n) is 6.21. The molecule has 0 saturated carbocycles. The molecular formula is C23H15BrClFN2O2. The minimum absolute atomic E-state index is 0.0678. The second-order valence-corrected chi connectivity index (χ2v) is 7.47. The summed E-state index contributed by atoms with van der Waals surface area (Å²) in [6.07, 6.45) is 1.47. The molecule has 3 aromatic rings. The molecule has 4 nitrogen and oxygen atoms in total. The van der Waals surface area contributed by atoms with E-state index in [9.17, 15) is 14.4 Å². The van der Waals surface area contributed by atoms with E-state index in [2.05, 4.69) is 21.2 Å². The molecule has 1 N–H and O–H groups in total. The molecule has 0 aromatic heterocycles. The fraction of sp³-hybridized carbons (Fsp3) is 0.0435. The van der Waals surface area contributed by atoms with Crippen molar-refractivity contribution in [2.45, 2.75) is 6.61 Å². The van der Waals surface area contributed by atoms with E-state index in [0.717, 1.165) is 5.56 Å². The molecule has 0 heterocycles. The number of amides is 1. The zero-order valence-electron chi connectivity index (χ0n) is 15.5. The maximum absolute atomic E-state index is 13.0. The molecule has 150 valence electrons. The van der Waals surface area contributed by atoms with Crippen LogP contribution in [0.3, 0.4) is 0 Å². The van der Waals surface area contributed by atoms with Crippen LogP contribution in [0.4, 0.5) is 10.1 Å². The van der Waals surface area contributed by atoms with Crippen molar-refractivity contribution in [2.75, 3.05) is 5.32 Å². The Kier molecular flexibility index (Phi) is 7.23. The minimum Gasteiger partial charge on any atom is -0.488 e. The van der Waals surface area contributed by atoms with Crippen molar-refractivity contribution in [1.29, 1.82) is 5.26 Å². The number of halogens is 3. The highest BCUT2D eigenvalue weighted by atomic mass is 79.9. The summed E-state index contributed by atoms with van der Waals surface area (Å²) in [5.41, 5.74) is 1.83. The molecule has 0 fully saturated rings. The first-order valence-corrected chi connectivity index (χ1v) is 9.98. The summed E-state index contributed by atoms with van der Waals surface area (Å²) in [7, 11) is 0. The summed E-state index contributed by atoms with van der Waals surface area (Å²) in [5.74, 6) is -0.281. The molecule has 1 amide bonds. The van der Waals surface area contributed by atoms with Crippen molar-refractivity contribution in [3.8, 4) is 11.8 Å². The first-order chi connectivity index (χ1) is 14.5. The fourth-order valence-electron chi connectivity index (χ4n) is 2.53. The van der Waals surface area contributed by atoms with Crippen LogP contribution >= 0.6 is 27.5 Å². The number of nitrogens with zero attached hydrogens (tertiary/aromatic N) is 1. The van der Waals surface area contributed by atoms with E-state index in [4.69, 9.17) is 16.3 Å². The number of carbonyl (C=O) groups excluding carboxylic acids is 1. The Hall–Kier alpha value is -3.14. The molecule has 3 aromatic carbocycles. The van der Waals surface area contributed by atoms with Gasteiger partial charge in [0.1, 0.15) is 29.8 Å². The molecule has 3 rings (SSSR count). The van der Waals surface area contributed by atoms with E-state index in [1.807, 2.05) is 6.07 Å². The van der Waals surface area contributed by atoms with Gasteiger partial charge in [-0.2, -0.15) is 5.26 Å². The molecule has 0 saturated heterocycles. The summed E-state index contributed by atoms with van der Waals surface area (Å²) in [5, 5.41) is 12.4. The number of ether oxygens (including phenoxy) is 1. The van der Waals surface area contributed by atoms with Gasteiger partial charge in [0.05, 0.1) is 15.2 Å². The van der Waals surface area contributed by atoms with Crippen molar-refractivity contribution >= 4 is 45.2 Å². The molecule has 0 atom stereocenters. The lowest BCUT2D eigenvalue weighted by atomic mass is 10.1. The third kappa shape index (κ3) is 5.69. The van der Waals surface area contributed by atoms with Gasteiger partial charge in [0.2, 0.25) is 0 Å². The predicted molar refractivity (Wildman–Crippen MR) is 119 cm³/mol. The predicted octanol–water partition coefficient (Wildman–Crippen LogP) is 6.37. The van der Waals surface area contributed by atoms with E-state index in [-0.39, 0.29) is 18.0 Å². The first-order valence-electron chi connectivity index (χ1n) is 8.81. The summed E-state index contributed by atoms with van der Waals surface area (Å²) in [4.78, 5) is 12.4. The van der Waals surface area contributed by atoms with Crippen molar-refractivity contribution in [3.05, 3.63) is 98.7 Å². The summed E-state index contributed by atoms with van der Waals surface area (Å²) in [6.45, 7) is 0.276. The lowest BCUT2D eigenvalue weighted by Crippen LogP contribution is -2.13. The maximum Gasteiger partial charge on any atom is 0.266 e.